The summed E-state index contributed by atoms with van der Waals surface area (Å²) in [4.78, 5) is 28.4. The van der Waals surface area contributed by atoms with Crippen molar-refractivity contribution in [3.05, 3.63) is 72.0 Å². The molecule has 0 saturated carbocycles. The second-order valence-corrected chi connectivity index (χ2v) is 7.18. The fraction of sp³-hybridized carbons (Fsp3) is 0.0952. The van der Waals surface area contributed by atoms with Crippen molar-refractivity contribution in [3.63, 3.8) is 0 Å². The van der Waals surface area contributed by atoms with Crippen LogP contribution in [0, 0.1) is 0 Å². The minimum absolute atomic E-state index is 0.0604. The van der Waals surface area contributed by atoms with Gasteiger partial charge in [-0.25, -0.2) is 4.98 Å². The van der Waals surface area contributed by atoms with E-state index in [4.69, 9.17) is 4.42 Å². The van der Waals surface area contributed by atoms with E-state index in [-0.39, 0.29) is 17.6 Å². The average Bonchev–Trinajstić information content (AvgIpc) is 3.36. The first kappa shape index (κ1) is 17.9. The van der Waals surface area contributed by atoms with Crippen molar-refractivity contribution >= 4 is 39.1 Å². The number of para-hydroxylation sites is 1. The molecule has 2 aromatic carbocycles. The predicted octanol–water partition coefficient (Wildman–Crippen LogP) is 4.10. The zero-order chi connectivity index (χ0) is 19.5. The molecule has 140 valence electrons. The van der Waals surface area contributed by atoms with Crippen LogP contribution in [0.5, 0.6) is 0 Å². The highest BCUT2D eigenvalue weighted by Crippen LogP contribution is 2.31. The highest BCUT2D eigenvalue weighted by atomic mass is 32.1. The van der Waals surface area contributed by atoms with Crippen LogP contribution in [0.4, 0.5) is 5.69 Å². The molecule has 4 aromatic rings. The number of aromatic nitrogens is 1. The van der Waals surface area contributed by atoms with Crippen LogP contribution in [0.3, 0.4) is 0 Å². The normalized spacial score (nSPS) is 10.8. The third-order valence-electron chi connectivity index (χ3n) is 4.19. The smallest absolute Gasteiger partial charge is 0.291 e. The number of anilines is 1. The first-order chi connectivity index (χ1) is 13.6. The summed E-state index contributed by atoms with van der Waals surface area (Å²) in [5.74, 6) is 0.372. The Morgan fingerprint density at radius 1 is 1.04 bits per heavy atom. The van der Waals surface area contributed by atoms with E-state index in [0.717, 1.165) is 20.8 Å². The number of carbonyl (C=O) groups is 2. The molecule has 0 atom stereocenters. The molecule has 0 aliphatic heterocycles. The maximum atomic E-state index is 12.5. The van der Waals surface area contributed by atoms with E-state index in [1.807, 2.05) is 24.3 Å². The monoisotopic (exact) mass is 391 g/mol. The number of hydrogen-bond donors (Lipinski definition) is 2. The van der Waals surface area contributed by atoms with E-state index in [1.165, 1.54) is 11.3 Å². The van der Waals surface area contributed by atoms with Crippen molar-refractivity contribution in [3.8, 4) is 10.8 Å². The molecule has 0 radical (unpaired) electrons. The van der Waals surface area contributed by atoms with E-state index in [2.05, 4.69) is 15.6 Å². The second kappa shape index (κ2) is 7.66. The van der Waals surface area contributed by atoms with Crippen LogP contribution in [0.2, 0.25) is 0 Å². The molecule has 0 aliphatic carbocycles. The SMILES string of the molecule is CNC(=O)Cc1ccc(NC(=O)c2ccc(-c3nc4ccccc4s3)o2)cc1. The molecule has 0 unspecified atom stereocenters. The van der Waals surface area contributed by atoms with Crippen molar-refractivity contribution in [1.82, 2.24) is 10.3 Å². The van der Waals surface area contributed by atoms with Crippen LogP contribution >= 0.6 is 11.3 Å². The zero-order valence-electron chi connectivity index (χ0n) is 15.1. The number of nitrogens with one attached hydrogen (secondary N) is 2. The molecule has 0 aliphatic rings. The van der Waals surface area contributed by atoms with Gasteiger partial charge in [-0.3, -0.25) is 9.59 Å². The third-order valence-corrected chi connectivity index (χ3v) is 5.24. The van der Waals surface area contributed by atoms with Crippen molar-refractivity contribution in [2.45, 2.75) is 6.42 Å². The first-order valence-corrected chi connectivity index (χ1v) is 9.50. The predicted molar refractivity (Wildman–Crippen MR) is 109 cm³/mol. The molecular weight excluding hydrogens is 374 g/mol. The van der Waals surface area contributed by atoms with Crippen LogP contribution in [0.15, 0.2) is 65.1 Å². The number of fused-ring (bicyclic) bond motifs is 1. The largest absolute Gasteiger partial charge is 0.448 e. The van der Waals surface area contributed by atoms with Crippen LogP contribution in [0.1, 0.15) is 16.1 Å². The number of carbonyl (C=O) groups excluding carboxylic acids is 2. The molecule has 0 bridgehead atoms. The number of thiazole rings is 1. The molecular formula is C21H17N3O3S. The summed E-state index contributed by atoms with van der Waals surface area (Å²) in [7, 11) is 1.60. The Morgan fingerprint density at radius 3 is 2.57 bits per heavy atom. The van der Waals surface area contributed by atoms with Crippen molar-refractivity contribution in [2.24, 2.45) is 0 Å². The van der Waals surface area contributed by atoms with E-state index in [9.17, 15) is 9.59 Å². The highest BCUT2D eigenvalue weighted by Gasteiger charge is 2.15. The minimum atomic E-state index is -0.341. The number of benzene rings is 2. The van der Waals surface area contributed by atoms with E-state index < -0.39 is 0 Å². The number of furan rings is 1. The Hall–Kier alpha value is -3.45. The molecule has 28 heavy (non-hydrogen) atoms. The summed E-state index contributed by atoms with van der Waals surface area (Å²) < 4.78 is 6.77. The molecule has 2 aromatic heterocycles. The molecule has 2 N–H and O–H groups in total. The number of amides is 2. The number of nitrogens with zero attached hydrogens (tertiary/aromatic N) is 1. The first-order valence-electron chi connectivity index (χ1n) is 8.69. The lowest BCUT2D eigenvalue weighted by molar-refractivity contribution is -0.119. The molecule has 2 amide bonds. The fourth-order valence-electron chi connectivity index (χ4n) is 2.72. The van der Waals surface area contributed by atoms with Gasteiger partial charge in [0.1, 0.15) is 0 Å². The van der Waals surface area contributed by atoms with Crippen molar-refractivity contribution in [1.29, 1.82) is 0 Å². The van der Waals surface area contributed by atoms with Crippen LogP contribution < -0.4 is 10.6 Å². The topological polar surface area (TPSA) is 84.2 Å². The number of hydrogen-bond acceptors (Lipinski definition) is 5. The average molecular weight is 391 g/mol. The van der Waals surface area contributed by atoms with Crippen molar-refractivity contribution < 1.29 is 14.0 Å². The summed E-state index contributed by atoms with van der Waals surface area (Å²) in [5, 5.41) is 6.11. The van der Waals surface area contributed by atoms with Gasteiger partial charge in [-0.05, 0) is 42.0 Å². The molecule has 7 heteroatoms. The molecule has 0 saturated heterocycles. The van der Waals surface area contributed by atoms with Gasteiger partial charge >= 0.3 is 0 Å². The zero-order valence-corrected chi connectivity index (χ0v) is 15.9. The van der Waals surface area contributed by atoms with Crippen molar-refractivity contribution in [2.75, 3.05) is 12.4 Å². The lowest BCUT2D eigenvalue weighted by atomic mass is 10.1. The van der Waals surface area contributed by atoms with Gasteiger partial charge in [-0.2, -0.15) is 0 Å². The van der Waals surface area contributed by atoms with Gasteiger partial charge in [-0.1, -0.05) is 24.3 Å². The molecule has 0 spiro atoms. The highest BCUT2D eigenvalue weighted by molar-refractivity contribution is 7.21. The summed E-state index contributed by atoms with van der Waals surface area (Å²) in [6.07, 6.45) is 0.300. The molecule has 6 nitrogen and oxygen atoms in total. The Morgan fingerprint density at radius 2 is 1.82 bits per heavy atom. The Kier molecular flexibility index (Phi) is 4.90. The van der Waals surface area contributed by atoms with Gasteiger partial charge < -0.3 is 15.1 Å². The summed E-state index contributed by atoms with van der Waals surface area (Å²) in [6.45, 7) is 0. The summed E-state index contributed by atoms with van der Waals surface area (Å²) in [5.41, 5.74) is 2.40. The minimum Gasteiger partial charge on any atom is -0.448 e. The van der Waals surface area contributed by atoms with Gasteiger partial charge in [0.15, 0.2) is 16.5 Å². The van der Waals surface area contributed by atoms with E-state index >= 15 is 0 Å². The lowest BCUT2D eigenvalue weighted by Gasteiger charge is -2.05. The molecule has 4 rings (SSSR count). The molecule has 0 fully saturated rings. The quantitative estimate of drug-likeness (QED) is 0.536. The Labute approximate surface area is 165 Å². The Balaban J connectivity index is 1.46. The van der Waals surface area contributed by atoms with Crippen LogP contribution in [-0.4, -0.2) is 23.8 Å². The lowest BCUT2D eigenvalue weighted by Crippen LogP contribution is -2.19. The van der Waals surface area contributed by atoms with E-state index in [1.54, 1.807) is 43.4 Å². The van der Waals surface area contributed by atoms with Gasteiger partial charge in [0.05, 0.1) is 16.6 Å². The maximum absolute atomic E-state index is 12.5. The van der Waals surface area contributed by atoms with E-state index in [0.29, 0.717) is 17.9 Å². The van der Waals surface area contributed by atoms with Crippen LogP contribution in [-0.2, 0) is 11.2 Å². The second-order valence-electron chi connectivity index (χ2n) is 6.15. The van der Waals surface area contributed by atoms with Gasteiger partial charge in [0.2, 0.25) is 5.91 Å². The van der Waals surface area contributed by atoms with Crippen LogP contribution in [0.25, 0.3) is 21.0 Å². The van der Waals surface area contributed by atoms with Gasteiger partial charge in [0, 0.05) is 12.7 Å². The Bertz CT molecular complexity index is 1110. The summed E-state index contributed by atoms with van der Waals surface area (Å²) in [6, 6.07) is 18.4. The van der Waals surface area contributed by atoms with Gasteiger partial charge in [-0.15, -0.1) is 11.3 Å². The summed E-state index contributed by atoms with van der Waals surface area (Å²) >= 11 is 1.52. The number of likely N-dealkylation sites (N-methyl/N-ethyl adjacent to an activating group) is 1. The fourth-order valence-corrected chi connectivity index (χ4v) is 3.65. The third kappa shape index (κ3) is 3.79. The maximum Gasteiger partial charge on any atom is 0.291 e. The standard InChI is InChI=1S/C21H17N3O3S/c1-22-19(25)12-13-6-8-14(9-7-13)23-20(26)16-10-11-17(27-16)21-24-15-4-2-3-5-18(15)28-21/h2-11H,12H2,1H3,(H,22,25)(H,23,26). The van der Waals surface area contributed by atoms with Gasteiger partial charge in [0.25, 0.3) is 5.91 Å². The number of rotatable bonds is 5. The molecule has 2 heterocycles.